The van der Waals surface area contributed by atoms with Crippen LogP contribution in [0, 0.1) is 12.8 Å². The Morgan fingerprint density at radius 1 is 1.54 bits per heavy atom. The highest BCUT2D eigenvalue weighted by Gasteiger charge is 2.02. The lowest BCUT2D eigenvalue weighted by Gasteiger charge is -2.06. The molecule has 0 saturated heterocycles. The lowest BCUT2D eigenvalue weighted by Crippen LogP contribution is -1.95. The maximum Gasteiger partial charge on any atom is 0.0990 e. The van der Waals surface area contributed by atoms with Gasteiger partial charge in [0.05, 0.1) is 16.9 Å². The van der Waals surface area contributed by atoms with Crippen LogP contribution in [0.15, 0.2) is 17.3 Å². The summed E-state index contributed by atoms with van der Waals surface area (Å²) in [7, 11) is 0. The van der Waals surface area contributed by atoms with Crippen molar-refractivity contribution in [3.63, 3.8) is 0 Å². The maximum absolute atomic E-state index is 5.61. The molecule has 2 N–H and O–H groups in total. The molecule has 0 aliphatic heterocycles. The number of thioether (sulfide) groups is 1. The summed E-state index contributed by atoms with van der Waals surface area (Å²) in [5.41, 5.74) is 7.53. The SMILES string of the molecule is Cc1cc(N)cnc1SCC(C)C. The molecule has 0 unspecified atom stereocenters. The van der Waals surface area contributed by atoms with Gasteiger partial charge in [-0.1, -0.05) is 13.8 Å². The number of nitrogens with two attached hydrogens (primary N) is 1. The van der Waals surface area contributed by atoms with Gasteiger partial charge in [0.15, 0.2) is 0 Å². The van der Waals surface area contributed by atoms with Gasteiger partial charge in [0.1, 0.15) is 0 Å². The fourth-order valence-corrected chi connectivity index (χ4v) is 1.89. The van der Waals surface area contributed by atoms with Gasteiger partial charge in [-0.15, -0.1) is 11.8 Å². The van der Waals surface area contributed by atoms with Crippen LogP contribution in [0.3, 0.4) is 0 Å². The van der Waals surface area contributed by atoms with Crippen molar-refractivity contribution in [3.8, 4) is 0 Å². The van der Waals surface area contributed by atoms with Crippen LogP contribution in [0.5, 0.6) is 0 Å². The van der Waals surface area contributed by atoms with Gasteiger partial charge in [-0.05, 0) is 24.5 Å². The molecule has 0 aliphatic carbocycles. The van der Waals surface area contributed by atoms with Gasteiger partial charge >= 0.3 is 0 Å². The lowest BCUT2D eigenvalue weighted by atomic mass is 10.3. The molecule has 1 aromatic heterocycles. The van der Waals surface area contributed by atoms with Crippen molar-refractivity contribution >= 4 is 17.4 Å². The number of hydrogen-bond donors (Lipinski definition) is 1. The van der Waals surface area contributed by atoms with E-state index in [0.29, 0.717) is 5.92 Å². The zero-order chi connectivity index (χ0) is 9.84. The summed E-state index contributed by atoms with van der Waals surface area (Å²) in [5.74, 6) is 1.81. The third kappa shape index (κ3) is 3.27. The zero-order valence-electron chi connectivity index (χ0n) is 8.37. The van der Waals surface area contributed by atoms with Crippen LogP contribution in [0.1, 0.15) is 19.4 Å². The number of nitrogen functional groups attached to an aromatic ring is 1. The molecule has 0 spiro atoms. The fourth-order valence-electron chi connectivity index (χ4n) is 0.981. The third-order valence-corrected chi connectivity index (χ3v) is 3.14. The maximum atomic E-state index is 5.61. The van der Waals surface area contributed by atoms with Gasteiger partial charge in [0, 0.05) is 5.75 Å². The molecule has 13 heavy (non-hydrogen) atoms. The Bertz CT molecular complexity index is 284. The van der Waals surface area contributed by atoms with E-state index in [-0.39, 0.29) is 0 Å². The van der Waals surface area contributed by atoms with E-state index < -0.39 is 0 Å². The van der Waals surface area contributed by atoms with E-state index in [0.717, 1.165) is 16.5 Å². The first-order valence-electron chi connectivity index (χ1n) is 4.44. The summed E-state index contributed by atoms with van der Waals surface area (Å²) in [6, 6.07) is 1.97. The average Bonchev–Trinajstić information content (AvgIpc) is 2.02. The van der Waals surface area contributed by atoms with Gasteiger partial charge < -0.3 is 5.73 Å². The topological polar surface area (TPSA) is 38.9 Å². The summed E-state index contributed by atoms with van der Waals surface area (Å²) < 4.78 is 0. The van der Waals surface area contributed by atoms with Gasteiger partial charge in [0.2, 0.25) is 0 Å². The van der Waals surface area contributed by atoms with Crippen LogP contribution in [-0.2, 0) is 0 Å². The largest absolute Gasteiger partial charge is 0.397 e. The summed E-state index contributed by atoms with van der Waals surface area (Å²) >= 11 is 1.80. The van der Waals surface area contributed by atoms with E-state index in [1.807, 2.05) is 13.0 Å². The minimum Gasteiger partial charge on any atom is -0.397 e. The fraction of sp³-hybridized carbons (Fsp3) is 0.500. The first kappa shape index (κ1) is 10.4. The highest BCUT2D eigenvalue weighted by Crippen LogP contribution is 2.22. The quantitative estimate of drug-likeness (QED) is 0.755. The van der Waals surface area contributed by atoms with Crippen molar-refractivity contribution in [2.75, 3.05) is 11.5 Å². The van der Waals surface area contributed by atoms with Crippen LogP contribution in [-0.4, -0.2) is 10.7 Å². The molecule has 0 bridgehead atoms. The molecular formula is C10H16N2S. The van der Waals surface area contributed by atoms with Gasteiger partial charge in [-0.3, -0.25) is 0 Å². The zero-order valence-corrected chi connectivity index (χ0v) is 9.19. The molecule has 0 aromatic carbocycles. The molecular weight excluding hydrogens is 180 g/mol. The molecule has 0 aliphatic rings. The predicted molar refractivity (Wildman–Crippen MR) is 58.9 cm³/mol. The summed E-state index contributed by atoms with van der Waals surface area (Å²) in [5, 5.41) is 1.10. The Balaban J connectivity index is 2.67. The van der Waals surface area contributed by atoms with E-state index in [1.165, 1.54) is 5.56 Å². The molecule has 72 valence electrons. The standard InChI is InChI=1S/C10H16N2S/c1-7(2)6-13-10-8(3)4-9(11)5-12-10/h4-5,7H,6,11H2,1-3H3. The number of pyridine rings is 1. The third-order valence-electron chi connectivity index (χ3n) is 1.60. The summed E-state index contributed by atoms with van der Waals surface area (Å²) in [6.07, 6.45) is 1.72. The molecule has 0 atom stereocenters. The van der Waals surface area contributed by atoms with Gasteiger partial charge in [-0.2, -0.15) is 0 Å². The first-order valence-corrected chi connectivity index (χ1v) is 5.43. The molecule has 1 aromatic rings. The van der Waals surface area contributed by atoms with Gasteiger partial charge in [-0.25, -0.2) is 4.98 Å². The molecule has 1 heterocycles. The Morgan fingerprint density at radius 2 is 2.23 bits per heavy atom. The number of aromatic nitrogens is 1. The van der Waals surface area contributed by atoms with Crippen LogP contribution in [0.2, 0.25) is 0 Å². The predicted octanol–water partition coefficient (Wildman–Crippen LogP) is 2.72. The van der Waals surface area contributed by atoms with E-state index in [1.54, 1.807) is 18.0 Å². The second-order valence-corrected chi connectivity index (χ2v) is 4.60. The molecule has 0 fully saturated rings. The number of hydrogen-bond acceptors (Lipinski definition) is 3. The molecule has 0 radical (unpaired) electrons. The molecule has 3 heteroatoms. The average molecular weight is 196 g/mol. The second kappa shape index (κ2) is 4.51. The number of nitrogens with zero attached hydrogens (tertiary/aromatic N) is 1. The minimum atomic E-state index is 0.698. The summed E-state index contributed by atoms with van der Waals surface area (Å²) in [6.45, 7) is 6.46. The Morgan fingerprint density at radius 3 is 2.77 bits per heavy atom. The summed E-state index contributed by atoms with van der Waals surface area (Å²) in [4.78, 5) is 4.29. The van der Waals surface area contributed by atoms with Crippen LogP contribution in [0.25, 0.3) is 0 Å². The smallest absolute Gasteiger partial charge is 0.0990 e. The van der Waals surface area contributed by atoms with Gasteiger partial charge in [0.25, 0.3) is 0 Å². The Labute approximate surface area is 83.9 Å². The van der Waals surface area contributed by atoms with E-state index in [2.05, 4.69) is 18.8 Å². The van der Waals surface area contributed by atoms with Crippen molar-refractivity contribution in [1.82, 2.24) is 4.98 Å². The minimum absolute atomic E-state index is 0.698. The second-order valence-electron chi connectivity index (χ2n) is 3.60. The number of aryl methyl sites for hydroxylation is 1. The highest BCUT2D eigenvalue weighted by atomic mass is 32.2. The Hall–Kier alpha value is -0.700. The molecule has 2 nitrogen and oxygen atoms in total. The molecule has 1 rings (SSSR count). The van der Waals surface area contributed by atoms with Crippen molar-refractivity contribution in [2.24, 2.45) is 5.92 Å². The van der Waals surface area contributed by atoms with Crippen LogP contribution >= 0.6 is 11.8 Å². The highest BCUT2D eigenvalue weighted by molar-refractivity contribution is 7.99. The van der Waals surface area contributed by atoms with Crippen molar-refractivity contribution < 1.29 is 0 Å². The van der Waals surface area contributed by atoms with Crippen molar-refractivity contribution in [2.45, 2.75) is 25.8 Å². The number of anilines is 1. The van der Waals surface area contributed by atoms with Crippen molar-refractivity contribution in [3.05, 3.63) is 17.8 Å². The van der Waals surface area contributed by atoms with Crippen LogP contribution < -0.4 is 5.73 Å². The molecule has 0 saturated carbocycles. The number of rotatable bonds is 3. The van der Waals surface area contributed by atoms with E-state index >= 15 is 0 Å². The molecule has 0 amide bonds. The lowest BCUT2D eigenvalue weighted by molar-refractivity contribution is 0.749. The van der Waals surface area contributed by atoms with E-state index in [4.69, 9.17) is 5.73 Å². The van der Waals surface area contributed by atoms with E-state index in [9.17, 15) is 0 Å². The first-order chi connectivity index (χ1) is 6.09. The van der Waals surface area contributed by atoms with Crippen LogP contribution in [0.4, 0.5) is 5.69 Å². The van der Waals surface area contributed by atoms with Crippen molar-refractivity contribution in [1.29, 1.82) is 0 Å². The normalized spacial score (nSPS) is 10.8. The Kier molecular flexibility index (Phi) is 3.60. The monoisotopic (exact) mass is 196 g/mol.